The number of esters is 1. The minimum Gasteiger partial charge on any atom is -0.493 e. The molecule has 1 aromatic rings. The van der Waals surface area contributed by atoms with Gasteiger partial charge in [0.25, 0.3) is 0 Å². The van der Waals surface area contributed by atoms with Crippen LogP contribution in [0.1, 0.15) is 32.8 Å². The largest absolute Gasteiger partial charge is 0.493 e. The first-order valence-electron chi connectivity index (χ1n) is 7.06. The van der Waals surface area contributed by atoms with Crippen molar-refractivity contribution in [2.45, 2.75) is 34.1 Å². The minimum atomic E-state index is -0.0787. The number of benzene rings is 1. The Labute approximate surface area is 115 Å². The summed E-state index contributed by atoms with van der Waals surface area (Å²) < 4.78 is 10.6. The first kappa shape index (κ1) is 15.5. The molecule has 0 aliphatic heterocycles. The van der Waals surface area contributed by atoms with Gasteiger partial charge in [0.1, 0.15) is 5.75 Å². The van der Waals surface area contributed by atoms with Crippen LogP contribution in [0.25, 0.3) is 0 Å². The molecule has 0 heterocycles. The second kappa shape index (κ2) is 7.82. The van der Waals surface area contributed by atoms with E-state index in [1.807, 2.05) is 52.0 Å². The maximum absolute atomic E-state index is 11.4. The highest BCUT2D eigenvalue weighted by atomic mass is 16.5. The summed E-state index contributed by atoms with van der Waals surface area (Å²) in [5.74, 6) is 1.17. The van der Waals surface area contributed by atoms with E-state index in [9.17, 15) is 4.79 Å². The van der Waals surface area contributed by atoms with Crippen LogP contribution in [-0.2, 0) is 9.53 Å². The van der Waals surface area contributed by atoms with Gasteiger partial charge in [0.05, 0.1) is 19.1 Å². The molecule has 0 unspecified atom stereocenters. The van der Waals surface area contributed by atoms with Gasteiger partial charge in [-0.1, -0.05) is 31.5 Å². The molecule has 0 spiro atoms. The molecule has 2 rings (SSSR count). The fraction of sp³-hybridized carbons (Fsp3) is 0.562. The molecule has 3 heteroatoms. The van der Waals surface area contributed by atoms with Gasteiger partial charge in [0.15, 0.2) is 0 Å². The Kier molecular flexibility index (Phi) is 6.40. The lowest BCUT2D eigenvalue weighted by Gasteiger charge is -2.05. The van der Waals surface area contributed by atoms with E-state index in [0.717, 1.165) is 12.2 Å². The zero-order valence-electron chi connectivity index (χ0n) is 12.3. The van der Waals surface area contributed by atoms with Crippen molar-refractivity contribution in [1.82, 2.24) is 0 Å². The van der Waals surface area contributed by atoms with Gasteiger partial charge >= 0.3 is 5.97 Å². The summed E-state index contributed by atoms with van der Waals surface area (Å²) in [4.78, 5) is 11.4. The van der Waals surface area contributed by atoms with Crippen molar-refractivity contribution in [3.05, 3.63) is 29.8 Å². The van der Waals surface area contributed by atoms with Gasteiger partial charge in [-0.3, -0.25) is 4.79 Å². The summed E-state index contributed by atoms with van der Waals surface area (Å²) in [6, 6.07) is 7.95. The molecule has 106 valence electrons. The van der Waals surface area contributed by atoms with Crippen LogP contribution in [0.2, 0.25) is 0 Å². The van der Waals surface area contributed by atoms with Gasteiger partial charge in [0.2, 0.25) is 0 Å². The molecule has 1 aliphatic rings. The molecule has 2 atom stereocenters. The van der Waals surface area contributed by atoms with Crippen molar-refractivity contribution in [3.63, 3.8) is 0 Å². The van der Waals surface area contributed by atoms with E-state index in [1.165, 1.54) is 5.56 Å². The van der Waals surface area contributed by atoms with Gasteiger partial charge in [-0.05, 0) is 32.4 Å². The molecular formula is C16H24O3. The number of ether oxygens (including phenoxy) is 2. The van der Waals surface area contributed by atoms with E-state index in [4.69, 9.17) is 9.47 Å². The summed E-state index contributed by atoms with van der Waals surface area (Å²) in [5, 5.41) is 0. The molecular weight excluding hydrogens is 240 g/mol. The van der Waals surface area contributed by atoms with Crippen molar-refractivity contribution < 1.29 is 14.3 Å². The van der Waals surface area contributed by atoms with Gasteiger partial charge in [-0.15, -0.1) is 0 Å². The van der Waals surface area contributed by atoms with Crippen LogP contribution in [0.3, 0.4) is 0 Å². The number of aryl methyl sites for hydroxylation is 1. The lowest BCUT2D eigenvalue weighted by atomic mass is 10.2. The van der Waals surface area contributed by atoms with Crippen LogP contribution < -0.4 is 4.74 Å². The molecule has 0 amide bonds. The lowest BCUT2D eigenvalue weighted by molar-refractivity contribution is -0.145. The fourth-order valence-corrected chi connectivity index (χ4v) is 1.81. The molecule has 0 bridgehead atoms. The van der Waals surface area contributed by atoms with Crippen molar-refractivity contribution in [1.29, 1.82) is 0 Å². The number of carbonyl (C=O) groups is 1. The molecule has 19 heavy (non-hydrogen) atoms. The Morgan fingerprint density at radius 1 is 1.26 bits per heavy atom. The summed E-state index contributed by atoms with van der Waals surface area (Å²) >= 11 is 0. The highest BCUT2D eigenvalue weighted by Gasteiger charge is 2.44. The Hall–Kier alpha value is -1.51. The van der Waals surface area contributed by atoms with Crippen molar-refractivity contribution >= 4 is 5.97 Å². The Bertz CT molecular complexity index is 383. The maximum Gasteiger partial charge on any atom is 0.309 e. The molecule has 0 aromatic heterocycles. The van der Waals surface area contributed by atoms with Crippen LogP contribution in [0.15, 0.2) is 24.3 Å². The van der Waals surface area contributed by atoms with Crippen LogP contribution in [0.5, 0.6) is 5.75 Å². The van der Waals surface area contributed by atoms with Crippen LogP contribution in [0, 0.1) is 18.8 Å². The maximum atomic E-state index is 11.4. The topological polar surface area (TPSA) is 35.5 Å². The highest BCUT2D eigenvalue weighted by Crippen LogP contribution is 2.39. The quantitative estimate of drug-likeness (QED) is 0.762. The third-order valence-corrected chi connectivity index (χ3v) is 3.00. The van der Waals surface area contributed by atoms with Crippen LogP contribution in [0.4, 0.5) is 0 Å². The number of hydrogen-bond acceptors (Lipinski definition) is 3. The van der Waals surface area contributed by atoms with Gasteiger partial charge in [0, 0.05) is 5.92 Å². The average molecular weight is 264 g/mol. The van der Waals surface area contributed by atoms with Crippen molar-refractivity contribution in [3.8, 4) is 5.75 Å². The second-order valence-corrected chi connectivity index (χ2v) is 4.48. The third-order valence-electron chi connectivity index (χ3n) is 3.00. The zero-order chi connectivity index (χ0) is 14.3. The fourth-order valence-electron chi connectivity index (χ4n) is 1.81. The van der Waals surface area contributed by atoms with Gasteiger partial charge in [-0.25, -0.2) is 0 Å². The van der Waals surface area contributed by atoms with Gasteiger partial charge in [-0.2, -0.15) is 0 Å². The Morgan fingerprint density at radius 2 is 1.89 bits per heavy atom. The highest BCUT2D eigenvalue weighted by molar-refractivity contribution is 5.75. The molecule has 0 saturated heterocycles. The van der Waals surface area contributed by atoms with E-state index in [2.05, 4.69) is 0 Å². The predicted octanol–water partition coefficient (Wildman–Crippen LogP) is 3.60. The average Bonchev–Trinajstić information content (AvgIpc) is 3.20. The van der Waals surface area contributed by atoms with Crippen LogP contribution >= 0.6 is 0 Å². The van der Waals surface area contributed by atoms with E-state index in [-0.39, 0.29) is 11.9 Å². The molecule has 1 saturated carbocycles. The molecule has 0 radical (unpaired) electrons. The standard InChI is InChI=1S/C14H18O3.C2H6/c1-3-16-14(15)13-8-11(13)9-17-12-6-4-10(2)5-7-12;1-2/h4-7,11,13H,3,8-9H2,1-2H3;1-2H3/t11-,13+;/m1./s1. The second-order valence-electron chi connectivity index (χ2n) is 4.48. The molecule has 1 aromatic carbocycles. The van der Waals surface area contributed by atoms with E-state index >= 15 is 0 Å². The summed E-state index contributed by atoms with van der Waals surface area (Å²) in [7, 11) is 0. The predicted molar refractivity (Wildman–Crippen MR) is 76.3 cm³/mol. The number of hydrogen-bond donors (Lipinski definition) is 0. The third kappa shape index (κ3) is 4.93. The smallest absolute Gasteiger partial charge is 0.309 e. The van der Waals surface area contributed by atoms with Gasteiger partial charge < -0.3 is 9.47 Å². The summed E-state index contributed by atoms with van der Waals surface area (Å²) in [5.41, 5.74) is 1.22. The Morgan fingerprint density at radius 3 is 2.47 bits per heavy atom. The molecule has 3 nitrogen and oxygen atoms in total. The molecule has 1 aliphatic carbocycles. The zero-order valence-corrected chi connectivity index (χ0v) is 12.3. The molecule has 1 fully saturated rings. The van der Waals surface area contributed by atoms with Crippen molar-refractivity contribution in [2.24, 2.45) is 11.8 Å². The van der Waals surface area contributed by atoms with Crippen LogP contribution in [-0.4, -0.2) is 19.2 Å². The van der Waals surface area contributed by atoms with Crippen molar-refractivity contribution in [2.75, 3.05) is 13.2 Å². The monoisotopic (exact) mass is 264 g/mol. The lowest BCUT2D eigenvalue weighted by Crippen LogP contribution is -2.10. The summed E-state index contributed by atoms with van der Waals surface area (Å²) in [6.45, 7) is 8.94. The normalized spacial score (nSPS) is 20.0. The minimum absolute atomic E-state index is 0.0559. The summed E-state index contributed by atoms with van der Waals surface area (Å²) in [6.07, 6.45) is 0.894. The number of carbonyl (C=O) groups excluding carboxylic acids is 1. The number of rotatable bonds is 5. The van der Waals surface area contributed by atoms with E-state index in [0.29, 0.717) is 19.1 Å². The van der Waals surface area contributed by atoms with E-state index < -0.39 is 0 Å². The van der Waals surface area contributed by atoms with E-state index in [1.54, 1.807) is 0 Å². The first-order chi connectivity index (χ1) is 9.20. The Balaban J connectivity index is 0.000000861. The molecule has 0 N–H and O–H groups in total. The SMILES string of the molecule is CC.CCOC(=O)[C@H]1C[C@@H]1COc1ccc(C)cc1. The first-order valence-corrected chi connectivity index (χ1v) is 7.06.